The highest BCUT2D eigenvalue weighted by atomic mass is 32.2. The zero-order chi connectivity index (χ0) is 16.5. The largest absolute Gasteiger partial charge is 0.393 e. The summed E-state index contributed by atoms with van der Waals surface area (Å²) in [5, 5.41) is 12.3. The minimum absolute atomic E-state index is 0.0359. The summed E-state index contributed by atoms with van der Waals surface area (Å²) >= 11 is 1.82. The zero-order valence-electron chi connectivity index (χ0n) is 14.1. The van der Waals surface area contributed by atoms with E-state index < -0.39 is 0 Å². The number of aliphatic hydroxyl groups excluding tert-OH is 1. The maximum absolute atomic E-state index is 8.91. The van der Waals surface area contributed by atoms with Crippen LogP contribution >= 0.6 is 11.8 Å². The molecule has 0 unspecified atom stereocenters. The molecule has 0 amide bonds. The van der Waals surface area contributed by atoms with Crippen molar-refractivity contribution in [2.45, 2.75) is 61.8 Å². The molecule has 0 spiro atoms. The van der Waals surface area contributed by atoms with Crippen LogP contribution in [0, 0.1) is 0 Å². The lowest BCUT2D eigenvalue weighted by molar-refractivity contribution is 0.130. The number of hydrogen-bond donors (Lipinski definition) is 2. The van der Waals surface area contributed by atoms with Crippen LogP contribution in [-0.4, -0.2) is 11.2 Å². The zero-order valence-corrected chi connectivity index (χ0v) is 14.9. The van der Waals surface area contributed by atoms with E-state index in [2.05, 4.69) is 53.8 Å². The highest BCUT2D eigenvalue weighted by molar-refractivity contribution is 7.99. The number of para-hydroxylation sites is 2. The predicted octanol–water partition coefficient (Wildman–Crippen LogP) is 6.23. The van der Waals surface area contributed by atoms with Crippen LogP contribution < -0.4 is 5.32 Å². The predicted molar refractivity (Wildman–Crippen MR) is 101 cm³/mol. The first-order valence-corrected chi connectivity index (χ1v) is 9.45. The average molecular weight is 330 g/mol. The molecule has 1 saturated carbocycles. The Balaban J connectivity index is 0.000000181. The maximum atomic E-state index is 8.91. The molecule has 1 fully saturated rings. The number of rotatable bonds is 0. The number of hydrogen-bond acceptors (Lipinski definition) is 3. The molecule has 2 aromatic carbocycles. The Morgan fingerprint density at radius 1 is 0.826 bits per heavy atom. The van der Waals surface area contributed by atoms with Gasteiger partial charge < -0.3 is 10.4 Å². The summed E-state index contributed by atoms with van der Waals surface area (Å²) in [6.07, 6.45) is 5.92. The number of nitrogens with one attached hydrogen (secondary N) is 1. The molecule has 0 saturated heterocycles. The van der Waals surface area contributed by atoms with E-state index in [1.165, 1.54) is 40.4 Å². The van der Waals surface area contributed by atoms with Gasteiger partial charge in [-0.1, -0.05) is 69.1 Å². The molecule has 2 aromatic rings. The van der Waals surface area contributed by atoms with Crippen molar-refractivity contribution >= 4 is 23.1 Å². The summed E-state index contributed by atoms with van der Waals surface area (Å²) in [5.41, 5.74) is 2.41. The molecule has 0 radical (unpaired) electrons. The van der Waals surface area contributed by atoms with Gasteiger partial charge >= 0.3 is 0 Å². The van der Waals surface area contributed by atoms with Crippen LogP contribution in [0.5, 0.6) is 0 Å². The van der Waals surface area contributed by atoms with E-state index in [9.17, 15) is 0 Å². The van der Waals surface area contributed by atoms with E-state index in [1.807, 2.05) is 25.6 Å². The summed E-state index contributed by atoms with van der Waals surface area (Å²) in [7, 11) is 0. The lowest BCUT2D eigenvalue weighted by Gasteiger charge is -2.19. The van der Waals surface area contributed by atoms with Gasteiger partial charge in [-0.3, -0.25) is 0 Å². The fraction of sp³-hybridized carbons (Fsp3) is 0.400. The van der Waals surface area contributed by atoms with Crippen LogP contribution in [0.3, 0.4) is 0 Å². The number of benzene rings is 2. The molecule has 2 nitrogen and oxygen atoms in total. The van der Waals surface area contributed by atoms with E-state index in [0.717, 1.165) is 12.8 Å². The lowest BCUT2D eigenvalue weighted by atomic mass is 9.98. The third kappa shape index (κ3) is 5.29. The fourth-order valence-corrected chi connectivity index (χ4v) is 3.65. The number of fused-ring (bicyclic) bond motifs is 2. The van der Waals surface area contributed by atoms with Crippen molar-refractivity contribution in [3.8, 4) is 0 Å². The first-order chi connectivity index (χ1) is 11.3. The van der Waals surface area contributed by atoms with Gasteiger partial charge in [-0.2, -0.15) is 0 Å². The molecule has 4 rings (SSSR count). The van der Waals surface area contributed by atoms with E-state index in [4.69, 9.17) is 5.11 Å². The lowest BCUT2D eigenvalue weighted by Crippen LogP contribution is -2.09. The minimum atomic E-state index is 0.0359. The Morgan fingerprint density at radius 3 is 1.74 bits per heavy atom. The van der Waals surface area contributed by atoms with Crippen LogP contribution in [0.1, 0.15) is 46.0 Å². The molecule has 23 heavy (non-hydrogen) atoms. The normalized spacial score (nSPS) is 15.6. The molecule has 0 aromatic heterocycles. The van der Waals surface area contributed by atoms with Gasteiger partial charge in [0.15, 0.2) is 0 Å². The van der Waals surface area contributed by atoms with Crippen molar-refractivity contribution in [3.05, 3.63) is 48.5 Å². The van der Waals surface area contributed by atoms with Crippen LogP contribution in [0.4, 0.5) is 11.4 Å². The summed E-state index contributed by atoms with van der Waals surface area (Å²) in [6, 6.07) is 16.8. The number of aliphatic hydroxyl groups is 1. The average Bonchev–Trinajstić information content (AvgIpc) is 2.63. The van der Waals surface area contributed by atoms with Gasteiger partial charge in [0.2, 0.25) is 0 Å². The van der Waals surface area contributed by atoms with E-state index >= 15 is 0 Å². The Hall–Kier alpha value is -1.45. The molecule has 1 aliphatic heterocycles. The van der Waals surface area contributed by atoms with Crippen molar-refractivity contribution < 1.29 is 5.11 Å². The molecular weight excluding hydrogens is 302 g/mol. The van der Waals surface area contributed by atoms with Crippen molar-refractivity contribution in [1.82, 2.24) is 0 Å². The maximum Gasteiger partial charge on any atom is 0.0540 e. The van der Waals surface area contributed by atoms with Gasteiger partial charge in [0.1, 0.15) is 0 Å². The van der Waals surface area contributed by atoms with Crippen molar-refractivity contribution in [1.29, 1.82) is 0 Å². The van der Waals surface area contributed by atoms with E-state index in [0.29, 0.717) is 0 Å². The second-order valence-electron chi connectivity index (χ2n) is 5.51. The Labute approximate surface area is 144 Å². The second kappa shape index (κ2) is 9.64. The number of anilines is 2. The Kier molecular flexibility index (Phi) is 7.50. The van der Waals surface area contributed by atoms with Crippen molar-refractivity contribution in [2.24, 2.45) is 0 Å². The third-order valence-corrected chi connectivity index (χ3v) is 4.99. The first kappa shape index (κ1) is 17.9. The fourth-order valence-electron chi connectivity index (χ4n) is 2.66. The smallest absolute Gasteiger partial charge is 0.0540 e. The van der Waals surface area contributed by atoms with Crippen LogP contribution in [0.25, 0.3) is 0 Å². The quantitative estimate of drug-likeness (QED) is 0.512. The SMILES string of the molecule is CC.OC1CCCCC1.c1ccc2c(c1)Nc1ccccc1S2. The Morgan fingerprint density at radius 2 is 1.30 bits per heavy atom. The van der Waals surface area contributed by atoms with Gasteiger partial charge in [0, 0.05) is 9.79 Å². The van der Waals surface area contributed by atoms with Crippen molar-refractivity contribution in [2.75, 3.05) is 5.32 Å². The highest BCUT2D eigenvalue weighted by Crippen LogP contribution is 2.43. The van der Waals surface area contributed by atoms with Gasteiger partial charge in [-0.05, 0) is 37.1 Å². The molecule has 1 aliphatic carbocycles. The standard InChI is InChI=1S/C12H9NS.C6H12O.C2H6/c1-3-7-11-9(5-1)13-10-6-2-4-8-12(10)14-11;7-6-4-2-1-3-5-6;1-2/h1-8,13H;6-7H,1-5H2;1-2H3. The van der Waals surface area contributed by atoms with Crippen LogP contribution in [0.2, 0.25) is 0 Å². The summed E-state index contributed by atoms with van der Waals surface area (Å²) in [5.74, 6) is 0. The molecule has 2 N–H and O–H groups in total. The second-order valence-corrected chi connectivity index (χ2v) is 6.59. The molecule has 3 heteroatoms. The summed E-state index contributed by atoms with van der Waals surface area (Å²) in [6.45, 7) is 4.00. The molecule has 1 heterocycles. The van der Waals surface area contributed by atoms with Crippen LogP contribution in [-0.2, 0) is 0 Å². The first-order valence-electron chi connectivity index (χ1n) is 8.64. The van der Waals surface area contributed by atoms with E-state index in [1.54, 1.807) is 0 Å². The molecule has 0 atom stereocenters. The van der Waals surface area contributed by atoms with Gasteiger partial charge in [-0.25, -0.2) is 0 Å². The van der Waals surface area contributed by atoms with E-state index in [-0.39, 0.29) is 6.10 Å². The molecule has 2 aliphatic rings. The van der Waals surface area contributed by atoms with Gasteiger partial charge in [-0.15, -0.1) is 0 Å². The minimum Gasteiger partial charge on any atom is -0.393 e. The van der Waals surface area contributed by atoms with Gasteiger partial charge in [0.05, 0.1) is 17.5 Å². The summed E-state index contributed by atoms with van der Waals surface area (Å²) < 4.78 is 0. The highest BCUT2D eigenvalue weighted by Gasteiger charge is 2.13. The molecule has 124 valence electrons. The Bertz CT molecular complexity index is 506. The summed E-state index contributed by atoms with van der Waals surface area (Å²) in [4.78, 5) is 2.59. The topological polar surface area (TPSA) is 32.3 Å². The monoisotopic (exact) mass is 329 g/mol. The van der Waals surface area contributed by atoms with Gasteiger partial charge in [0.25, 0.3) is 0 Å². The molecule has 0 bridgehead atoms. The molecular formula is C20H27NOS. The van der Waals surface area contributed by atoms with Crippen LogP contribution in [0.15, 0.2) is 58.3 Å². The third-order valence-electron chi connectivity index (χ3n) is 3.84. The van der Waals surface area contributed by atoms with Crippen molar-refractivity contribution in [3.63, 3.8) is 0 Å².